The van der Waals surface area contributed by atoms with Crippen molar-refractivity contribution in [2.75, 3.05) is 12.4 Å². The Morgan fingerprint density at radius 2 is 1.89 bits per heavy atom. The maximum absolute atomic E-state index is 12.1. The van der Waals surface area contributed by atoms with Gasteiger partial charge in [-0.3, -0.25) is 19.7 Å². The first-order chi connectivity index (χ1) is 13.3. The van der Waals surface area contributed by atoms with Crippen LogP contribution in [0.4, 0.5) is 11.4 Å². The molecule has 2 N–H and O–H groups in total. The quantitative estimate of drug-likeness (QED) is 0.416. The lowest BCUT2D eigenvalue weighted by Crippen LogP contribution is -2.21. The molecule has 0 heterocycles. The average Bonchev–Trinajstić information content (AvgIpc) is 2.67. The molecule has 9 nitrogen and oxygen atoms in total. The van der Waals surface area contributed by atoms with Crippen LogP contribution >= 0.6 is 11.6 Å². The summed E-state index contributed by atoms with van der Waals surface area (Å²) in [6, 6.07) is 10.4. The Balaban J connectivity index is 1.93. The predicted octanol–water partition coefficient (Wildman–Crippen LogP) is 3.39. The van der Waals surface area contributed by atoms with E-state index in [1.807, 2.05) is 0 Å². The second-order valence-electron chi connectivity index (χ2n) is 5.66. The number of rotatable bonds is 7. The molecule has 0 spiro atoms. The molecule has 0 radical (unpaired) electrons. The second kappa shape index (κ2) is 9.47. The minimum Gasteiger partial charge on any atom is -0.497 e. The first kappa shape index (κ1) is 20.8. The van der Waals surface area contributed by atoms with E-state index in [0.29, 0.717) is 17.0 Å². The van der Waals surface area contributed by atoms with Crippen molar-refractivity contribution in [1.29, 1.82) is 0 Å². The summed E-state index contributed by atoms with van der Waals surface area (Å²) in [4.78, 5) is 34.3. The molecule has 0 bridgehead atoms. The summed E-state index contributed by atoms with van der Waals surface area (Å²) in [5.41, 5.74) is 3.02. The van der Waals surface area contributed by atoms with Crippen LogP contribution in [0.15, 0.2) is 47.6 Å². The Morgan fingerprint density at radius 1 is 1.21 bits per heavy atom. The molecule has 28 heavy (non-hydrogen) atoms. The van der Waals surface area contributed by atoms with Crippen molar-refractivity contribution < 1.29 is 19.2 Å². The fraction of sp³-hybridized carbons (Fsp3) is 0.167. The van der Waals surface area contributed by atoms with Crippen LogP contribution in [0, 0.1) is 10.1 Å². The largest absolute Gasteiger partial charge is 0.497 e. The van der Waals surface area contributed by atoms with Gasteiger partial charge in [0.2, 0.25) is 5.91 Å². The summed E-state index contributed by atoms with van der Waals surface area (Å²) in [5, 5.41) is 17.3. The lowest BCUT2D eigenvalue weighted by molar-refractivity contribution is -0.384. The van der Waals surface area contributed by atoms with Gasteiger partial charge in [0.1, 0.15) is 10.8 Å². The van der Waals surface area contributed by atoms with E-state index in [9.17, 15) is 19.7 Å². The highest BCUT2D eigenvalue weighted by atomic mass is 35.5. The van der Waals surface area contributed by atoms with Crippen LogP contribution in [0.3, 0.4) is 0 Å². The van der Waals surface area contributed by atoms with Crippen LogP contribution in [0.1, 0.15) is 23.7 Å². The number of hydrazone groups is 1. The van der Waals surface area contributed by atoms with Gasteiger partial charge < -0.3 is 10.1 Å². The third-order valence-corrected chi connectivity index (χ3v) is 3.86. The summed E-state index contributed by atoms with van der Waals surface area (Å²) < 4.78 is 5.02. The number of hydrogen-bond donors (Lipinski definition) is 2. The normalized spacial score (nSPS) is 10.9. The topological polar surface area (TPSA) is 123 Å². The van der Waals surface area contributed by atoms with E-state index >= 15 is 0 Å². The zero-order valence-corrected chi connectivity index (χ0v) is 15.8. The van der Waals surface area contributed by atoms with E-state index in [1.54, 1.807) is 31.2 Å². The van der Waals surface area contributed by atoms with Gasteiger partial charge in [0, 0.05) is 23.0 Å². The van der Waals surface area contributed by atoms with Gasteiger partial charge in [-0.1, -0.05) is 11.6 Å². The molecule has 146 valence electrons. The third-order valence-electron chi connectivity index (χ3n) is 3.54. The summed E-state index contributed by atoms with van der Waals surface area (Å²) >= 11 is 5.73. The summed E-state index contributed by atoms with van der Waals surface area (Å²) in [7, 11) is 1.52. The first-order valence-electron chi connectivity index (χ1n) is 8.01. The zero-order valence-electron chi connectivity index (χ0n) is 15.1. The van der Waals surface area contributed by atoms with E-state index in [-0.39, 0.29) is 22.8 Å². The van der Waals surface area contributed by atoms with Gasteiger partial charge in [-0.05, 0) is 43.3 Å². The first-order valence-corrected chi connectivity index (χ1v) is 8.39. The van der Waals surface area contributed by atoms with E-state index in [0.717, 1.165) is 6.07 Å². The van der Waals surface area contributed by atoms with Gasteiger partial charge in [-0.2, -0.15) is 5.10 Å². The number of hydrogen-bond acceptors (Lipinski definition) is 6. The maximum Gasteiger partial charge on any atom is 0.289 e. The number of carbonyl (C=O) groups excluding carboxylic acids is 2. The number of methoxy groups -OCH3 is 1. The van der Waals surface area contributed by atoms with Crippen molar-refractivity contribution in [2.24, 2.45) is 5.10 Å². The summed E-state index contributed by atoms with van der Waals surface area (Å²) in [5.74, 6) is -0.261. The monoisotopic (exact) mass is 404 g/mol. The van der Waals surface area contributed by atoms with Crippen molar-refractivity contribution in [3.8, 4) is 5.75 Å². The fourth-order valence-corrected chi connectivity index (χ4v) is 2.35. The maximum atomic E-state index is 12.1. The smallest absolute Gasteiger partial charge is 0.289 e. The van der Waals surface area contributed by atoms with Crippen molar-refractivity contribution >= 4 is 40.5 Å². The van der Waals surface area contributed by atoms with E-state index in [2.05, 4.69) is 15.8 Å². The zero-order chi connectivity index (χ0) is 20.7. The number of nitro groups is 1. The van der Waals surface area contributed by atoms with Gasteiger partial charge in [0.25, 0.3) is 11.6 Å². The second-order valence-corrected chi connectivity index (χ2v) is 6.07. The number of amides is 2. The predicted molar refractivity (Wildman–Crippen MR) is 105 cm³/mol. The molecule has 0 aromatic heterocycles. The molecule has 0 aliphatic heterocycles. The molecule has 0 saturated carbocycles. The molecule has 0 unspecified atom stereocenters. The molecule has 0 aliphatic carbocycles. The van der Waals surface area contributed by atoms with Crippen molar-refractivity contribution in [1.82, 2.24) is 5.43 Å². The Kier molecular flexibility index (Phi) is 7.05. The molecule has 2 amide bonds. The van der Waals surface area contributed by atoms with Gasteiger partial charge in [-0.25, -0.2) is 5.43 Å². The lowest BCUT2D eigenvalue weighted by atomic mass is 10.2. The number of nitro benzene ring substituents is 1. The van der Waals surface area contributed by atoms with Gasteiger partial charge >= 0.3 is 0 Å². The Labute approximate surface area is 165 Å². The van der Waals surface area contributed by atoms with E-state index < -0.39 is 16.7 Å². The molecule has 0 saturated heterocycles. The molecule has 0 atom stereocenters. The molecular formula is C18H17ClN4O5. The minimum atomic E-state index is -0.639. The van der Waals surface area contributed by atoms with Crippen molar-refractivity contribution in [3.05, 3.63) is 63.2 Å². The molecule has 2 rings (SSSR count). The molecule has 2 aromatic rings. The molecular weight excluding hydrogens is 388 g/mol. The standard InChI is InChI=1S/C18H17ClN4O5/c1-11(21-22-18(25)12-3-6-14(28-2)7-4-12)9-17(24)20-13-5-8-15(19)16(10-13)23(26)27/h3-8,10H,9H2,1-2H3,(H,20,24)(H,22,25)/b21-11+. The third kappa shape index (κ3) is 5.78. The number of benzene rings is 2. The lowest BCUT2D eigenvalue weighted by Gasteiger charge is -2.06. The number of anilines is 1. The average molecular weight is 405 g/mol. The Bertz CT molecular complexity index is 928. The van der Waals surface area contributed by atoms with Crippen LogP contribution in [0.2, 0.25) is 5.02 Å². The van der Waals surface area contributed by atoms with Crippen LogP contribution in [0.25, 0.3) is 0 Å². The number of nitrogens with one attached hydrogen (secondary N) is 2. The Morgan fingerprint density at radius 3 is 2.50 bits per heavy atom. The number of carbonyl (C=O) groups is 2. The van der Waals surface area contributed by atoms with E-state index in [4.69, 9.17) is 16.3 Å². The van der Waals surface area contributed by atoms with Crippen LogP contribution < -0.4 is 15.5 Å². The van der Waals surface area contributed by atoms with Gasteiger partial charge in [0.05, 0.1) is 18.5 Å². The molecule has 10 heteroatoms. The van der Waals surface area contributed by atoms with Crippen LogP contribution in [0.5, 0.6) is 5.75 Å². The SMILES string of the molecule is COc1ccc(C(=O)N/N=C(\C)CC(=O)Nc2ccc(Cl)c([N+](=O)[O-])c2)cc1. The highest BCUT2D eigenvalue weighted by Gasteiger charge is 2.14. The summed E-state index contributed by atoms with van der Waals surface area (Å²) in [6.45, 7) is 1.57. The number of ether oxygens (including phenoxy) is 1. The van der Waals surface area contributed by atoms with Crippen molar-refractivity contribution in [3.63, 3.8) is 0 Å². The highest BCUT2D eigenvalue weighted by molar-refractivity contribution is 6.32. The number of nitrogens with zero attached hydrogens (tertiary/aromatic N) is 2. The van der Waals surface area contributed by atoms with Crippen LogP contribution in [-0.4, -0.2) is 29.6 Å². The molecule has 0 aliphatic rings. The highest BCUT2D eigenvalue weighted by Crippen LogP contribution is 2.27. The van der Waals surface area contributed by atoms with Gasteiger partial charge in [0.15, 0.2) is 0 Å². The Hall–Kier alpha value is -3.46. The molecule has 2 aromatic carbocycles. The fourth-order valence-electron chi connectivity index (χ4n) is 2.16. The summed E-state index contributed by atoms with van der Waals surface area (Å²) in [6.07, 6.45) is -0.112. The molecule has 0 fully saturated rings. The van der Waals surface area contributed by atoms with Crippen LogP contribution in [-0.2, 0) is 4.79 Å². The van der Waals surface area contributed by atoms with E-state index in [1.165, 1.54) is 19.2 Å². The minimum absolute atomic E-state index is 0.0259. The number of halogens is 1. The van der Waals surface area contributed by atoms with Crippen molar-refractivity contribution in [2.45, 2.75) is 13.3 Å². The van der Waals surface area contributed by atoms with Gasteiger partial charge in [-0.15, -0.1) is 0 Å².